The Hall–Kier alpha value is -5.44. The summed E-state index contributed by atoms with van der Waals surface area (Å²) in [7, 11) is -0.883. The van der Waals surface area contributed by atoms with Crippen LogP contribution in [0.5, 0.6) is 0 Å². The maximum atomic E-state index is 15.3. The molecule has 0 saturated carbocycles. The first-order valence-electron chi connectivity index (χ1n) is 24.5. The Balaban J connectivity index is 1.55. The van der Waals surface area contributed by atoms with Crippen LogP contribution in [0.1, 0.15) is 50.9 Å². The fraction of sp³-hybridized carbons (Fsp3) is 0.569. The number of ether oxygens (including phenoxy) is 5. The maximum absolute atomic E-state index is 15.3. The van der Waals surface area contributed by atoms with Gasteiger partial charge in [-0.05, 0) is 60.4 Å². The van der Waals surface area contributed by atoms with Gasteiger partial charge in [0.05, 0.1) is 71.2 Å². The number of alkyl halides is 2. The number of hydrogen-bond acceptors (Lipinski definition) is 13. The van der Waals surface area contributed by atoms with Crippen molar-refractivity contribution in [3.05, 3.63) is 83.7 Å². The summed E-state index contributed by atoms with van der Waals surface area (Å²) in [5.74, 6) is -6.31. The second kappa shape index (κ2) is 33.0. The highest BCUT2D eigenvalue weighted by Gasteiger charge is 2.39. The number of nitrogens with one attached hydrogen (secondary N) is 4. The van der Waals surface area contributed by atoms with Crippen molar-refractivity contribution >= 4 is 57.5 Å². The third-order valence-corrected chi connectivity index (χ3v) is 13.3. The number of carbonyl (C=O) groups is 6. The third-order valence-electron chi connectivity index (χ3n) is 10.9. The summed E-state index contributed by atoms with van der Waals surface area (Å²) in [6, 6.07) is 8.27. The molecule has 3 aromatic rings. The van der Waals surface area contributed by atoms with Gasteiger partial charge in [0.1, 0.15) is 24.3 Å². The number of benzene rings is 2. The van der Waals surface area contributed by atoms with Crippen LogP contribution >= 0.6 is 21.8 Å². The van der Waals surface area contributed by atoms with E-state index in [0.717, 1.165) is 41.3 Å². The summed E-state index contributed by atoms with van der Waals surface area (Å²) in [5, 5.41) is 27.3. The van der Waals surface area contributed by atoms with Crippen molar-refractivity contribution in [3.8, 4) is 11.1 Å². The van der Waals surface area contributed by atoms with Crippen molar-refractivity contribution in [1.29, 1.82) is 0 Å². The molecule has 76 heavy (non-hydrogen) atoms. The van der Waals surface area contributed by atoms with Gasteiger partial charge >= 0.3 is 24.1 Å². The molecular weight excluding hydrogens is 1040 g/mol. The number of carboxylic acids is 2. The smallest absolute Gasteiger partial charge is 0.407 e. The summed E-state index contributed by atoms with van der Waals surface area (Å²) in [5.41, 5.74) is 1.34. The average Bonchev–Trinajstić information content (AvgIpc) is 3.74. The lowest BCUT2D eigenvalue weighted by atomic mass is 9.83. The van der Waals surface area contributed by atoms with Gasteiger partial charge in [-0.2, -0.15) is 8.78 Å². The van der Waals surface area contributed by atoms with E-state index in [0.29, 0.717) is 24.2 Å². The molecule has 0 spiro atoms. The molecule has 0 saturated heterocycles. The molecule has 0 fully saturated rings. The number of hydrogen-bond donors (Lipinski definition) is 6. The SMILES string of the molecule is CC(C)(C)[C@H](c1cc(-c2cc(F)ccc2F)cn1Cc1ccccc1)N(CCCNC(=O)OCCS(C)(C)C)C(=O)CSC[C@H](NC(=O)CCOCCOCCOCCOCCNC(=O)CNC(F)(F)C(=O)O)C(=O)O. The zero-order chi connectivity index (χ0) is 56.3. The van der Waals surface area contributed by atoms with Crippen LogP contribution in [0.3, 0.4) is 0 Å². The van der Waals surface area contributed by atoms with Gasteiger partial charge in [0.25, 0.3) is 0 Å². The Labute approximate surface area is 447 Å². The van der Waals surface area contributed by atoms with Gasteiger partial charge in [-0.3, -0.25) is 14.4 Å². The molecule has 0 aliphatic carbocycles. The molecule has 2 aromatic carbocycles. The Morgan fingerprint density at radius 1 is 0.789 bits per heavy atom. The van der Waals surface area contributed by atoms with E-state index in [4.69, 9.17) is 28.8 Å². The predicted molar refractivity (Wildman–Crippen MR) is 282 cm³/mol. The first-order chi connectivity index (χ1) is 35.9. The van der Waals surface area contributed by atoms with Gasteiger partial charge in [0.2, 0.25) is 17.7 Å². The molecule has 25 heteroatoms. The molecule has 2 atom stereocenters. The fourth-order valence-corrected chi connectivity index (χ4v) is 8.69. The van der Waals surface area contributed by atoms with Crippen LogP contribution in [-0.4, -0.2) is 189 Å². The molecule has 19 nitrogen and oxygen atoms in total. The molecule has 1 heterocycles. The van der Waals surface area contributed by atoms with Gasteiger partial charge < -0.3 is 59.3 Å². The second-order valence-electron chi connectivity index (χ2n) is 19.2. The quantitative estimate of drug-likeness (QED) is 0.0242. The number of alkyl carbamates (subject to hydrolysis) is 1. The van der Waals surface area contributed by atoms with Crippen LogP contribution in [-0.2, 0) is 54.2 Å². The Kier molecular flexibility index (Phi) is 28.1. The first kappa shape index (κ1) is 64.8. The van der Waals surface area contributed by atoms with Crippen LogP contribution < -0.4 is 21.3 Å². The highest BCUT2D eigenvalue weighted by Crippen LogP contribution is 2.41. The van der Waals surface area contributed by atoms with Crippen molar-refractivity contribution in [1.82, 2.24) is 30.7 Å². The third kappa shape index (κ3) is 25.1. The lowest BCUT2D eigenvalue weighted by molar-refractivity contribution is -0.170. The number of aliphatic carboxylic acids is 2. The zero-order valence-corrected chi connectivity index (χ0v) is 45.6. The summed E-state index contributed by atoms with van der Waals surface area (Å²) in [4.78, 5) is 75.9. The van der Waals surface area contributed by atoms with Crippen molar-refractivity contribution in [2.45, 2.75) is 58.3 Å². The standard InChI is InChI=1S/C51H74F4N6O13S2/c1-50(2,3)46(42-29-37(39-30-38(52)13-14-40(39)53)33-60(42)32-36-11-8-7-9-12-36)61(18-10-16-57-49(69)74-27-28-76(4,5)6)45(64)35-75-34-41(47(65)66)59-43(62)15-19-70-21-23-72-25-26-73-24-22-71-20-17-56-44(63)31-58-51(54,55)48(67)68/h7-9,11-14,29-30,33,41,46,58H,10,15-28,31-32,34-35H2,1-6H3,(H,56,63)(H,57,69)(H,59,62)(H,65,66)(H,67,68)/t41-,46-/m0/s1. The molecular formula is C51H74F4N6O13S2. The van der Waals surface area contributed by atoms with Crippen LogP contribution in [0, 0.1) is 17.0 Å². The van der Waals surface area contributed by atoms with Crippen LogP contribution in [0.2, 0.25) is 0 Å². The lowest BCUT2D eigenvalue weighted by Gasteiger charge is -2.41. The van der Waals surface area contributed by atoms with Crippen molar-refractivity contribution in [2.24, 2.45) is 5.41 Å². The van der Waals surface area contributed by atoms with E-state index in [-0.39, 0.29) is 108 Å². The summed E-state index contributed by atoms with van der Waals surface area (Å²) in [6.07, 6.45) is 7.67. The maximum Gasteiger partial charge on any atom is 0.407 e. The number of rotatable bonds is 37. The number of carbonyl (C=O) groups excluding carboxylic acids is 4. The molecule has 6 N–H and O–H groups in total. The highest BCUT2D eigenvalue weighted by molar-refractivity contribution is 8.32. The molecule has 4 amide bonds. The Bertz CT molecular complexity index is 2300. The summed E-state index contributed by atoms with van der Waals surface area (Å²) >= 11 is 1.02. The van der Waals surface area contributed by atoms with Gasteiger partial charge in [-0.1, -0.05) is 51.1 Å². The van der Waals surface area contributed by atoms with E-state index >= 15 is 4.39 Å². The topological polar surface area (TPSA) is 245 Å². The van der Waals surface area contributed by atoms with E-state index in [1.54, 1.807) is 17.2 Å². The first-order valence-corrected chi connectivity index (χ1v) is 28.7. The number of carboxylic acid groups (broad SMARTS) is 2. The molecule has 0 bridgehead atoms. The largest absolute Gasteiger partial charge is 0.480 e. The van der Waals surface area contributed by atoms with E-state index in [1.807, 2.05) is 55.7 Å². The summed E-state index contributed by atoms with van der Waals surface area (Å²) < 4.78 is 84.7. The normalized spacial score (nSPS) is 12.9. The molecule has 0 aliphatic heterocycles. The Morgan fingerprint density at radius 3 is 2.03 bits per heavy atom. The van der Waals surface area contributed by atoms with Gasteiger partial charge in [0.15, 0.2) is 0 Å². The number of halogens is 4. The fourth-order valence-electron chi connectivity index (χ4n) is 7.19. The number of aromatic nitrogens is 1. The molecule has 0 unspecified atom stereocenters. The highest BCUT2D eigenvalue weighted by atomic mass is 32.3. The number of thioether (sulfide) groups is 1. The minimum absolute atomic E-state index is 0.00861. The monoisotopic (exact) mass is 1120 g/mol. The van der Waals surface area contributed by atoms with Crippen LogP contribution in [0.25, 0.3) is 11.1 Å². The zero-order valence-electron chi connectivity index (χ0n) is 44.0. The molecule has 0 aliphatic rings. The molecule has 426 valence electrons. The predicted octanol–water partition coefficient (Wildman–Crippen LogP) is 5.35. The molecule has 0 radical (unpaired) electrons. The van der Waals surface area contributed by atoms with Crippen molar-refractivity contribution in [2.75, 3.05) is 122 Å². The minimum Gasteiger partial charge on any atom is -0.480 e. The second-order valence-corrected chi connectivity index (χ2v) is 24.8. The van der Waals surface area contributed by atoms with Gasteiger partial charge in [-0.15, -0.1) is 11.8 Å². The van der Waals surface area contributed by atoms with Crippen LogP contribution in [0.15, 0.2) is 60.8 Å². The number of nitrogens with zero attached hydrogens (tertiary/aromatic N) is 2. The van der Waals surface area contributed by atoms with Gasteiger partial charge in [0, 0.05) is 67.1 Å². The average molecular weight is 1120 g/mol. The molecule has 1 aromatic heterocycles. The minimum atomic E-state index is -4.22. The Morgan fingerprint density at radius 2 is 1.42 bits per heavy atom. The van der Waals surface area contributed by atoms with Gasteiger partial charge in [-0.25, -0.2) is 38.5 Å². The van der Waals surface area contributed by atoms with Crippen molar-refractivity contribution in [3.63, 3.8) is 0 Å². The molecule has 3 rings (SSSR count). The van der Waals surface area contributed by atoms with Crippen LogP contribution in [0.4, 0.5) is 22.4 Å². The summed E-state index contributed by atoms with van der Waals surface area (Å²) in [6.45, 7) is 7.05. The lowest BCUT2D eigenvalue weighted by Crippen LogP contribution is -2.48. The van der Waals surface area contributed by atoms with E-state index < -0.39 is 81.6 Å². The van der Waals surface area contributed by atoms with E-state index in [9.17, 15) is 47.0 Å². The van der Waals surface area contributed by atoms with E-state index in [2.05, 4.69) is 34.7 Å². The van der Waals surface area contributed by atoms with E-state index in [1.165, 1.54) is 5.32 Å². The number of amides is 4. The van der Waals surface area contributed by atoms with Crippen molar-refractivity contribution < 1.29 is 80.2 Å².